The second kappa shape index (κ2) is 14.0. The molecule has 1 N–H and O–H groups in total. The highest BCUT2D eigenvalue weighted by molar-refractivity contribution is 6.11. The standard InChI is InChI=1S/C22H15F4N3O2.C8H18O/c1-2-13-5-3-8-18(27-13)28-20(30)14-6-4-7-17-19(14)29-21(31-17)15-11-12(23)9-10-16(15)22(24,25)26;1-4-6-9-7-5-8(2)3/h3-11H,2H2,1H3,(H,27,28,30);8H,4-7H2,1-3H3. The number of fused-ring (bicyclic) bond motifs is 1. The van der Waals surface area contributed by atoms with E-state index in [0.717, 1.165) is 31.2 Å². The molecule has 2 aromatic heterocycles. The first-order chi connectivity index (χ1) is 19.0. The number of nitrogens with zero attached hydrogens (tertiary/aromatic N) is 2. The van der Waals surface area contributed by atoms with Gasteiger partial charge in [-0.2, -0.15) is 13.2 Å². The van der Waals surface area contributed by atoms with Crippen molar-refractivity contribution in [3.63, 3.8) is 0 Å². The van der Waals surface area contributed by atoms with E-state index in [2.05, 4.69) is 36.1 Å². The number of aryl methyl sites for hydroxylation is 1. The minimum absolute atomic E-state index is 0.0547. The van der Waals surface area contributed by atoms with Crippen LogP contribution in [0.1, 0.15) is 62.2 Å². The van der Waals surface area contributed by atoms with Crippen molar-refractivity contribution in [1.82, 2.24) is 9.97 Å². The Morgan fingerprint density at radius 2 is 1.77 bits per heavy atom. The summed E-state index contributed by atoms with van der Waals surface area (Å²) in [6, 6.07) is 11.7. The summed E-state index contributed by atoms with van der Waals surface area (Å²) in [6.07, 6.45) is -1.72. The Kier molecular flexibility index (Phi) is 10.8. The van der Waals surface area contributed by atoms with E-state index in [1.165, 1.54) is 24.6 Å². The summed E-state index contributed by atoms with van der Waals surface area (Å²) >= 11 is 0. The molecule has 6 nitrogen and oxygen atoms in total. The van der Waals surface area contributed by atoms with Crippen molar-refractivity contribution in [2.24, 2.45) is 5.92 Å². The number of oxazole rings is 1. The largest absolute Gasteiger partial charge is 0.436 e. The number of amides is 1. The van der Waals surface area contributed by atoms with E-state index in [-0.39, 0.29) is 16.7 Å². The number of nitrogens with one attached hydrogen (secondary N) is 1. The van der Waals surface area contributed by atoms with Crippen LogP contribution in [-0.2, 0) is 17.3 Å². The van der Waals surface area contributed by atoms with Crippen LogP contribution in [0.2, 0.25) is 0 Å². The fraction of sp³-hybridized carbons (Fsp3) is 0.367. The van der Waals surface area contributed by atoms with Crippen molar-refractivity contribution in [2.75, 3.05) is 18.5 Å². The second-order valence-electron chi connectivity index (χ2n) is 9.48. The molecular formula is C30H33F4N3O3. The van der Waals surface area contributed by atoms with E-state index >= 15 is 0 Å². The monoisotopic (exact) mass is 559 g/mol. The number of pyridine rings is 1. The number of alkyl halides is 3. The lowest BCUT2D eigenvalue weighted by molar-refractivity contribution is -0.137. The van der Waals surface area contributed by atoms with Gasteiger partial charge in [0.1, 0.15) is 17.2 Å². The maximum atomic E-state index is 13.7. The first-order valence-corrected chi connectivity index (χ1v) is 13.1. The van der Waals surface area contributed by atoms with Gasteiger partial charge in [-0.05, 0) is 67.6 Å². The predicted molar refractivity (Wildman–Crippen MR) is 147 cm³/mol. The van der Waals surface area contributed by atoms with E-state index < -0.39 is 34.9 Å². The first-order valence-electron chi connectivity index (χ1n) is 13.1. The van der Waals surface area contributed by atoms with Crippen molar-refractivity contribution in [3.05, 3.63) is 77.2 Å². The zero-order valence-electron chi connectivity index (χ0n) is 22.9. The molecule has 4 rings (SSSR count). The molecule has 0 radical (unpaired) electrons. The second-order valence-corrected chi connectivity index (χ2v) is 9.48. The Balaban J connectivity index is 0.000000424. The van der Waals surface area contributed by atoms with Crippen LogP contribution in [0.4, 0.5) is 23.4 Å². The lowest BCUT2D eigenvalue weighted by Gasteiger charge is -2.10. The average Bonchev–Trinajstić information content (AvgIpc) is 3.35. The quantitative estimate of drug-likeness (QED) is 0.165. The van der Waals surface area contributed by atoms with E-state index in [1.54, 1.807) is 12.1 Å². The molecule has 1 amide bonds. The van der Waals surface area contributed by atoms with E-state index in [1.807, 2.05) is 13.0 Å². The minimum atomic E-state index is -4.74. The van der Waals surface area contributed by atoms with Crippen molar-refractivity contribution in [3.8, 4) is 11.5 Å². The third kappa shape index (κ3) is 8.35. The van der Waals surface area contributed by atoms with Crippen molar-refractivity contribution in [2.45, 2.75) is 53.1 Å². The highest BCUT2D eigenvalue weighted by Crippen LogP contribution is 2.38. The van der Waals surface area contributed by atoms with Crippen LogP contribution in [0.25, 0.3) is 22.6 Å². The number of rotatable bonds is 9. The summed E-state index contributed by atoms with van der Waals surface area (Å²) in [5, 5.41) is 2.65. The van der Waals surface area contributed by atoms with Gasteiger partial charge in [0.25, 0.3) is 5.91 Å². The Labute approximate surface area is 230 Å². The lowest BCUT2D eigenvalue weighted by atomic mass is 10.1. The molecule has 0 fully saturated rings. The number of hydrogen-bond donors (Lipinski definition) is 1. The van der Waals surface area contributed by atoms with Crippen molar-refractivity contribution < 1.29 is 31.5 Å². The Bertz CT molecular complexity index is 1420. The molecule has 2 aromatic carbocycles. The molecule has 214 valence electrons. The number of halogens is 4. The molecule has 40 heavy (non-hydrogen) atoms. The lowest BCUT2D eigenvalue weighted by Crippen LogP contribution is -2.13. The topological polar surface area (TPSA) is 77.2 Å². The summed E-state index contributed by atoms with van der Waals surface area (Å²) < 4.78 is 64.5. The van der Waals surface area contributed by atoms with Crippen LogP contribution in [0.3, 0.4) is 0 Å². The normalized spacial score (nSPS) is 11.4. The molecule has 0 aliphatic rings. The smallest absolute Gasteiger partial charge is 0.417 e. The maximum Gasteiger partial charge on any atom is 0.417 e. The van der Waals surface area contributed by atoms with Crippen molar-refractivity contribution >= 4 is 22.8 Å². The summed E-state index contributed by atoms with van der Waals surface area (Å²) in [6.45, 7) is 10.4. The third-order valence-corrected chi connectivity index (χ3v) is 5.78. The molecule has 4 aromatic rings. The van der Waals surface area contributed by atoms with Gasteiger partial charge in [-0.3, -0.25) is 4.79 Å². The van der Waals surface area contributed by atoms with Gasteiger partial charge < -0.3 is 14.5 Å². The van der Waals surface area contributed by atoms with Crippen LogP contribution < -0.4 is 5.32 Å². The molecule has 0 aliphatic heterocycles. The summed E-state index contributed by atoms with van der Waals surface area (Å²) in [5.74, 6) is -0.754. The number of carbonyl (C=O) groups excluding carboxylic acids is 1. The molecule has 0 saturated carbocycles. The van der Waals surface area contributed by atoms with Gasteiger partial charge in [0.15, 0.2) is 5.58 Å². The Hall–Kier alpha value is -3.79. The molecule has 0 aliphatic carbocycles. The first kappa shape index (κ1) is 30.7. The van der Waals surface area contributed by atoms with Gasteiger partial charge in [-0.1, -0.05) is 39.8 Å². The Morgan fingerprint density at radius 3 is 2.45 bits per heavy atom. The number of aromatic nitrogens is 2. The van der Waals surface area contributed by atoms with E-state index in [0.29, 0.717) is 30.4 Å². The Morgan fingerprint density at radius 1 is 1.02 bits per heavy atom. The number of ether oxygens (including phenoxy) is 1. The molecule has 10 heteroatoms. The number of para-hydroxylation sites is 1. The van der Waals surface area contributed by atoms with Gasteiger partial charge >= 0.3 is 6.18 Å². The minimum Gasteiger partial charge on any atom is -0.436 e. The molecule has 0 bridgehead atoms. The zero-order valence-corrected chi connectivity index (χ0v) is 22.9. The fourth-order valence-electron chi connectivity index (χ4n) is 3.68. The molecule has 0 saturated heterocycles. The summed E-state index contributed by atoms with van der Waals surface area (Å²) in [7, 11) is 0. The number of hydrogen-bond acceptors (Lipinski definition) is 5. The fourth-order valence-corrected chi connectivity index (χ4v) is 3.68. The molecule has 2 heterocycles. The number of anilines is 1. The van der Waals surface area contributed by atoms with Crippen LogP contribution in [0, 0.1) is 11.7 Å². The number of carbonyl (C=O) groups is 1. The average molecular weight is 560 g/mol. The SMILES string of the molecule is CCCOCCC(C)C.CCc1cccc(NC(=O)c2cccc3oc(-c4cc(F)ccc4C(F)(F)F)nc23)n1. The van der Waals surface area contributed by atoms with Gasteiger partial charge in [0.05, 0.1) is 16.7 Å². The summed E-state index contributed by atoms with van der Waals surface area (Å²) in [5.41, 5.74) is -0.625. The highest BCUT2D eigenvalue weighted by Gasteiger charge is 2.35. The third-order valence-electron chi connectivity index (χ3n) is 5.78. The molecule has 0 atom stereocenters. The molecular weight excluding hydrogens is 526 g/mol. The zero-order chi connectivity index (χ0) is 29.3. The predicted octanol–water partition coefficient (Wildman–Crippen LogP) is 8.32. The van der Waals surface area contributed by atoms with Crippen LogP contribution >= 0.6 is 0 Å². The van der Waals surface area contributed by atoms with Crippen molar-refractivity contribution in [1.29, 1.82) is 0 Å². The van der Waals surface area contributed by atoms with Gasteiger partial charge in [-0.15, -0.1) is 0 Å². The van der Waals surface area contributed by atoms with Gasteiger partial charge in [0, 0.05) is 18.9 Å². The van der Waals surface area contributed by atoms with Gasteiger partial charge in [0.2, 0.25) is 5.89 Å². The molecule has 0 spiro atoms. The highest BCUT2D eigenvalue weighted by atomic mass is 19.4. The van der Waals surface area contributed by atoms with Crippen LogP contribution in [0.5, 0.6) is 0 Å². The van der Waals surface area contributed by atoms with Gasteiger partial charge in [-0.25, -0.2) is 14.4 Å². The van der Waals surface area contributed by atoms with E-state index in [9.17, 15) is 22.4 Å². The van der Waals surface area contributed by atoms with Crippen LogP contribution in [0.15, 0.2) is 59.0 Å². The van der Waals surface area contributed by atoms with Crippen LogP contribution in [-0.4, -0.2) is 29.1 Å². The summed E-state index contributed by atoms with van der Waals surface area (Å²) in [4.78, 5) is 21.2. The van der Waals surface area contributed by atoms with E-state index in [4.69, 9.17) is 9.15 Å². The maximum absolute atomic E-state index is 13.7. The number of benzene rings is 2. The molecule has 0 unspecified atom stereocenters.